The maximum atomic E-state index is 10.3. The number of rotatable bonds is 1. The first-order valence-electron chi connectivity index (χ1n) is 2.68. The van der Waals surface area contributed by atoms with Crippen LogP contribution in [0.4, 0.5) is 0 Å². The van der Waals surface area contributed by atoms with Crippen LogP contribution in [0, 0.1) is 11.3 Å². The SMILES string of the molecule is N#Cc1cncc(S(=O)[O-])c1.[Na+]. The van der Waals surface area contributed by atoms with Gasteiger partial charge in [0.05, 0.1) is 5.56 Å². The predicted molar refractivity (Wildman–Crippen MR) is 36.1 cm³/mol. The zero-order valence-electron chi connectivity index (χ0n) is 6.35. The van der Waals surface area contributed by atoms with Gasteiger partial charge in [-0.1, -0.05) is 0 Å². The first-order chi connectivity index (χ1) is 5.24. The van der Waals surface area contributed by atoms with Gasteiger partial charge in [-0.05, 0) is 17.1 Å². The van der Waals surface area contributed by atoms with Crippen molar-refractivity contribution in [1.29, 1.82) is 5.26 Å². The molecule has 0 amide bonds. The molecule has 0 aromatic carbocycles. The van der Waals surface area contributed by atoms with E-state index in [1.54, 1.807) is 6.07 Å². The van der Waals surface area contributed by atoms with Crippen LogP contribution in [0.15, 0.2) is 23.4 Å². The van der Waals surface area contributed by atoms with Gasteiger partial charge in [-0.2, -0.15) is 5.26 Å². The summed E-state index contributed by atoms with van der Waals surface area (Å²) in [7, 11) is 0. The Balaban J connectivity index is 0.00000121. The molecule has 0 saturated carbocycles. The van der Waals surface area contributed by atoms with Gasteiger partial charge in [0.1, 0.15) is 6.07 Å². The summed E-state index contributed by atoms with van der Waals surface area (Å²) in [6, 6.07) is 3.05. The molecule has 1 rings (SSSR count). The Morgan fingerprint density at radius 1 is 1.58 bits per heavy atom. The van der Waals surface area contributed by atoms with Gasteiger partial charge in [-0.15, -0.1) is 0 Å². The number of nitrogens with zero attached hydrogens (tertiary/aromatic N) is 2. The molecule has 0 bridgehead atoms. The number of hydrogen-bond donors (Lipinski definition) is 0. The third-order valence-corrected chi connectivity index (χ3v) is 1.64. The summed E-state index contributed by atoms with van der Waals surface area (Å²) in [5, 5.41) is 8.35. The van der Waals surface area contributed by atoms with Gasteiger partial charge < -0.3 is 4.55 Å². The summed E-state index contributed by atoms with van der Waals surface area (Å²) in [5.41, 5.74) is 0.242. The minimum Gasteiger partial charge on any atom is -0.768 e. The van der Waals surface area contributed by atoms with Crippen LogP contribution in [0.25, 0.3) is 0 Å². The molecule has 0 aliphatic carbocycles. The molecule has 12 heavy (non-hydrogen) atoms. The predicted octanol–water partition coefficient (Wildman–Crippen LogP) is -2.80. The van der Waals surface area contributed by atoms with Gasteiger partial charge in [0.2, 0.25) is 0 Å². The van der Waals surface area contributed by atoms with Gasteiger partial charge in [0.15, 0.2) is 0 Å². The molecule has 1 aromatic rings. The van der Waals surface area contributed by atoms with Crippen molar-refractivity contribution in [2.24, 2.45) is 0 Å². The molecule has 0 aliphatic rings. The summed E-state index contributed by atoms with van der Waals surface area (Å²) >= 11 is -2.30. The van der Waals surface area contributed by atoms with Crippen LogP contribution in [-0.2, 0) is 11.1 Å². The number of nitriles is 1. The second-order valence-electron chi connectivity index (χ2n) is 1.76. The van der Waals surface area contributed by atoms with Crippen molar-refractivity contribution < 1.29 is 38.3 Å². The van der Waals surface area contributed by atoms with E-state index in [1.165, 1.54) is 18.5 Å². The maximum Gasteiger partial charge on any atom is 1.00 e. The Morgan fingerprint density at radius 2 is 2.25 bits per heavy atom. The smallest absolute Gasteiger partial charge is 0.768 e. The van der Waals surface area contributed by atoms with Crippen LogP contribution in [0.1, 0.15) is 5.56 Å². The Kier molecular flexibility index (Phi) is 5.29. The summed E-state index contributed by atoms with van der Waals surface area (Å²) in [6.45, 7) is 0. The van der Waals surface area contributed by atoms with Crippen molar-refractivity contribution in [3.63, 3.8) is 0 Å². The summed E-state index contributed by atoms with van der Waals surface area (Å²) < 4.78 is 20.6. The third-order valence-electron chi connectivity index (χ3n) is 1.03. The molecule has 0 aliphatic heterocycles. The van der Waals surface area contributed by atoms with Crippen LogP contribution in [-0.4, -0.2) is 13.7 Å². The van der Waals surface area contributed by atoms with Gasteiger partial charge >= 0.3 is 29.6 Å². The zero-order chi connectivity index (χ0) is 8.27. The van der Waals surface area contributed by atoms with E-state index in [1.807, 2.05) is 0 Å². The van der Waals surface area contributed by atoms with Crippen LogP contribution < -0.4 is 29.6 Å². The van der Waals surface area contributed by atoms with E-state index < -0.39 is 11.1 Å². The molecule has 1 heterocycles. The van der Waals surface area contributed by atoms with E-state index in [4.69, 9.17) is 5.26 Å². The Hall–Kier alpha value is -0.250. The normalized spacial score (nSPS) is 11.0. The molecule has 0 radical (unpaired) electrons. The second kappa shape index (κ2) is 5.41. The zero-order valence-corrected chi connectivity index (χ0v) is 9.17. The fraction of sp³-hybridized carbons (Fsp3) is 0. The van der Waals surface area contributed by atoms with Crippen LogP contribution in [0.5, 0.6) is 0 Å². The molecular formula is C6H3N2NaO2S. The van der Waals surface area contributed by atoms with Crippen LogP contribution in [0.3, 0.4) is 0 Å². The fourth-order valence-electron chi connectivity index (χ4n) is 0.571. The molecule has 1 unspecified atom stereocenters. The molecule has 0 saturated heterocycles. The number of aromatic nitrogens is 1. The Labute approximate surface area is 94.2 Å². The average Bonchev–Trinajstić information content (AvgIpc) is 2.05. The summed E-state index contributed by atoms with van der Waals surface area (Å²) in [4.78, 5) is 3.59. The molecule has 6 heteroatoms. The molecule has 56 valence electrons. The minimum atomic E-state index is -2.30. The second-order valence-corrected chi connectivity index (χ2v) is 2.70. The Morgan fingerprint density at radius 3 is 2.75 bits per heavy atom. The fourth-order valence-corrected chi connectivity index (χ4v) is 0.941. The summed E-state index contributed by atoms with van der Waals surface area (Å²) in [5.74, 6) is 0. The van der Waals surface area contributed by atoms with E-state index in [0.717, 1.165) is 0 Å². The van der Waals surface area contributed by atoms with Gasteiger partial charge in [0.25, 0.3) is 0 Å². The molecule has 1 atom stereocenters. The maximum absolute atomic E-state index is 10.3. The third kappa shape index (κ3) is 3.01. The van der Waals surface area contributed by atoms with Gasteiger partial charge in [0, 0.05) is 17.3 Å². The van der Waals surface area contributed by atoms with Crippen LogP contribution in [0.2, 0.25) is 0 Å². The van der Waals surface area contributed by atoms with Crippen molar-refractivity contribution in [1.82, 2.24) is 4.98 Å². The number of pyridine rings is 1. The summed E-state index contributed by atoms with van der Waals surface area (Å²) in [6.07, 6.45) is 2.49. The number of hydrogen-bond acceptors (Lipinski definition) is 4. The molecule has 0 fully saturated rings. The van der Waals surface area contributed by atoms with Crippen molar-refractivity contribution in [3.8, 4) is 6.07 Å². The first kappa shape index (κ1) is 11.8. The van der Waals surface area contributed by atoms with Gasteiger partial charge in [-0.25, -0.2) is 0 Å². The Bertz CT molecular complexity index is 337. The molecule has 4 nitrogen and oxygen atoms in total. The van der Waals surface area contributed by atoms with Crippen molar-refractivity contribution in [2.75, 3.05) is 0 Å². The molecule has 0 spiro atoms. The molecular weight excluding hydrogens is 187 g/mol. The van der Waals surface area contributed by atoms with Crippen molar-refractivity contribution >= 4 is 11.1 Å². The van der Waals surface area contributed by atoms with E-state index in [9.17, 15) is 8.76 Å². The molecule has 0 N–H and O–H groups in total. The van der Waals surface area contributed by atoms with E-state index in [-0.39, 0.29) is 40.0 Å². The van der Waals surface area contributed by atoms with Crippen molar-refractivity contribution in [3.05, 3.63) is 24.0 Å². The first-order valence-corrected chi connectivity index (χ1v) is 3.76. The monoisotopic (exact) mass is 190 g/mol. The van der Waals surface area contributed by atoms with E-state index in [0.29, 0.717) is 0 Å². The average molecular weight is 190 g/mol. The van der Waals surface area contributed by atoms with E-state index >= 15 is 0 Å². The topological polar surface area (TPSA) is 76.8 Å². The van der Waals surface area contributed by atoms with E-state index in [2.05, 4.69) is 4.98 Å². The standard InChI is InChI=1S/C6H4N2O2S.Na/c7-2-5-1-6(11(9)10)4-8-3-5;/h1,3-4H,(H,9,10);/q;+1/p-1. The van der Waals surface area contributed by atoms with Gasteiger partial charge in [-0.3, -0.25) is 9.19 Å². The van der Waals surface area contributed by atoms with Crippen LogP contribution >= 0.6 is 0 Å². The van der Waals surface area contributed by atoms with Crippen molar-refractivity contribution in [2.45, 2.75) is 4.90 Å². The minimum absolute atomic E-state index is 0. The largest absolute Gasteiger partial charge is 1.00 e. The quantitative estimate of drug-likeness (QED) is 0.354. The molecule has 1 aromatic heterocycles.